The van der Waals surface area contributed by atoms with Crippen LogP contribution in [0.2, 0.25) is 0 Å². The lowest BCUT2D eigenvalue weighted by molar-refractivity contribution is -0.141. The Balaban J connectivity index is 2.43. The summed E-state index contributed by atoms with van der Waals surface area (Å²) in [6, 6.07) is 15.1. The van der Waals surface area contributed by atoms with E-state index < -0.39 is 28.5 Å². The Labute approximate surface area is 201 Å². The molecule has 0 heterocycles. The maximum absolute atomic E-state index is 13.4. The van der Waals surface area contributed by atoms with Gasteiger partial charge in [-0.25, -0.2) is 8.42 Å². The van der Waals surface area contributed by atoms with Crippen molar-refractivity contribution in [1.29, 1.82) is 0 Å². The van der Waals surface area contributed by atoms with Gasteiger partial charge in [0.25, 0.3) is 0 Å². The Bertz CT molecular complexity index is 1030. The van der Waals surface area contributed by atoms with Gasteiger partial charge in [-0.15, -0.1) is 0 Å². The van der Waals surface area contributed by atoms with E-state index in [1.54, 1.807) is 62.8 Å². The summed E-state index contributed by atoms with van der Waals surface area (Å²) < 4.78 is 35.1. The molecule has 0 unspecified atom stereocenters. The third-order valence-corrected chi connectivity index (χ3v) is 6.52. The van der Waals surface area contributed by atoms with Crippen LogP contribution in [-0.4, -0.2) is 76.7 Å². The van der Waals surface area contributed by atoms with E-state index in [-0.39, 0.29) is 12.5 Å². The topological polar surface area (TPSA) is 105 Å². The second-order valence-electron chi connectivity index (χ2n) is 7.84. The van der Waals surface area contributed by atoms with Gasteiger partial charge >= 0.3 is 0 Å². The minimum Gasteiger partial charge on any atom is -0.497 e. The summed E-state index contributed by atoms with van der Waals surface area (Å²) in [4.78, 5) is 28.2. The molecule has 1 N–H and O–H groups in total. The third-order valence-electron chi connectivity index (χ3n) is 5.26. The van der Waals surface area contributed by atoms with Gasteiger partial charge in [0, 0.05) is 33.9 Å². The Hall–Kier alpha value is -2.95. The number of nitrogens with one attached hydrogen (secondary N) is 1. The van der Waals surface area contributed by atoms with E-state index in [0.29, 0.717) is 30.9 Å². The van der Waals surface area contributed by atoms with Crippen molar-refractivity contribution in [3.63, 3.8) is 0 Å². The van der Waals surface area contributed by atoms with Gasteiger partial charge < -0.3 is 19.7 Å². The van der Waals surface area contributed by atoms with Crippen molar-refractivity contribution < 1.29 is 27.5 Å². The Morgan fingerprint density at radius 2 is 1.68 bits per heavy atom. The van der Waals surface area contributed by atoms with Crippen LogP contribution in [-0.2, 0) is 30.9 Å². The first-order chi connectivity index (χ1) is 16.2. The predicted molar refractivity (Wildman–Crippen MR) is 130 cm³/mol. The molecule has 2 rings (SSSR count). The van der Waals surface area contributed by atoms with Crippen LogP contribution in [0.25, 0.3) is 0 Å². The van der Waals surface area contributed by atoms with Gasteiger partial charge in [-0.3, -0.25) is 9.59 Å². The highest BCUT2D eigenvalue weighted by Crippen LogP contribution is 2.25. The highest BCUT2D eigenvalue weighted by atomic mass is 32.2. The van der Waals surface area contributed by atoms with Crippen LogP contribution in [0.4, 0.5) is 0 Å². The van der Waals surface area contributed by atoms with Crippen molar-refractivity contribution >= 4 is 21.8 Å². The molecule has 0 spiro atoms. The summed E-state index contributed by atoms with van der Waals surface area (Å²) in [6.45, 7) is 0.578. The summed E-state index contributed by atoms with van der Waals surface area (Å²) >= 11 is 0. The first-order valence-electron chi connectivity index (χ1n) is 10.8. The first kappa shape index (κ1) is 27.3. The van der Waals surface area contributed by atoms with Crippen LogP contribution in [0.3, 0.4) is 0 Å². The molecule has 0 fully saturated rings. The fourth-order valence-corrected chi connectivity index (χ4v) is 3.63. The van der Waals surface area contributed by atoms with Crippen molar-refractivity contribution in [3.05, 3.63) is 65.7 Å². The summed E-state index contributed by atoms with van der Waals surface area (Å²) in [7, 11) is 0.891. The normalized spacial score (nSPS) is 12.3. The Morgan fingerprint density at radius 1 is 1.03 bits per heavy atom. The number of amides is 2. The molecule has 0 saturated heterocycles. The van der Waals surface area contributed by atoms with Crippen molar-refractivity contribution in [2.45, 2.75) is 19.0 Å². The Morgan fingerprint density at radius 3 is 2.24 bits per heavy atom. The summed E-state index contributed by atoms with van der Waals surface area (Å²) in [5.41, 5.74) is 1.39. The molecule has 2 aromatic rings. The second kappa shape index (κ2) is 13.1. The van der Waals surface area contributed by atoms with Crippen LogP contribution in [0.15, 0.2) is 54.6 Å². The molecule has 1 atom stereocenters. The third kappa shape index (κ3) is 8.12. The molecule has 34 heavy (non-hydrogen) atoms. The van der Waals surface area contributed by atoms with Gasteiger partial charge in [0.2, 0.25) is 21.8 Å². The fraction of sp³-hybridized carbons (Fsp3) is 0.417. The molecule has 2 amide bonds. The molecule has 0 radical (unpaired) electrons. The summed E-state index contributed by atoms with van der Waals surface area (Å²) in [5.74, 6) is -0.190. The number of nitrogens with zero attached hydrogens (tertiary/aromatic N) is 2. The second-order valence-corrected chi connectivity index (χ2v) is 9.93. The minimum atomic E-state index is -3.59. The number of carbonyl (C=O) groups is 2. The van der Waals surface area contributed by atoms with Crippen LogP contribution in [0.1, 0.15) is 23.6 Å². The number of ether oxygens (including phenoxy) is 2. The molecule has 0 aromatic heterocycles. The predicted octanol–water partition coefficient (Wildman–Crippen LogP) is 1.81. The van der Waals surface area contributed by atoms with Crippen molar-refractivity contribution in [3.8, 4) is 5.75 Å². The van der Waals surface area contributed by atoms with E-state index in [4.69, 9.17) is 9.47 Å². The summed E-state index contributed by atoms with van der Waals surface area (Å²) in [5, 5.41) is 2.87. The number of hydrogen-bond acceptors (Lipinski definition) is 6. The number of carbonyl (C=O) groups excluding carboxylic acids is 2. The van der Waals surface area contributed by atoms with Crippen molar-refractivity contribution in [2.75, 3.05) is 47.2 Å². The standard InChI is InChI=1S/C24H33N3O6S/c1-26(34(4,30)31)18-22(28)27(17-19-11-13-21(33-3)14-12-19)23(20-9-6-5-7-10-20)24(29)25-15-8-16-32-2/h5-7,9-14,23H,8,15-18H2,1-4H3,(H,25,29)/t23-/m1/s1. The molecule has 0 aliphatic carbocycles. The monoisotopic (exact) mass is 491 g/mol. The largest absolute Gasteiger partial charge is 0.497 e. The number of benzene rings is 2. The van der Waals surface area contributed by atoms with E-state index in [1.807, 2.05) is 6.07 Å². The van der Waals surface area contributed by atoms with E-state index in [9.17, 15) is 18.0 Å². The van der Waals surface area contributed by atoms with E-state index in [1.165, 1.54) is 11.9 Å². The summed E-state index contributed by atoms with van der Waals surface area (Å²) in [6.07, 6.45) is 1.65. The SMILES string of the molecule is COCCCNC(=O)[C@@H](c1ccccc1)N(Cc1ccc(OC)cc1)C(=O)CN(C)S(C)(=O)=O. The molecule has 0 aliphatic rings. The molecular formula is C24H33N3O6S. The number of methoxy groups -OCH3 is 2. The number of rotatable bonds is 13. The average Bonchev–Trinajstić information content (AvgIpc) is 2.82. The zero-order valence-corrected chi connectivity index (χ0v) is 20.9. The molecule has 2 aromatic carbocycles. The van der Waals surface area contributed by atoms with E-state index >= 15 is 0 Å². The fourth-order valence-electron chi connectivity index (χ4n) is 3.28. The number of hydrogen-bond donors (Lipinski definition) is 1. The maximum atomic E-state index is 13.4. The van der Waals surface area contributed by atoms with E-state index in [2.05, 4.69) is 5.32 Å². The lowest BCUT2D eigenvalue weighted by Crippen LogP contribution is -2.47. The van der Waals surface area contributed by atoms with Gasteiger partial charge in [0.15, 0.2) is 0 Å². The van der Waals surface area contributed by atoms with Gasteiger partial charge in [0.1, 0.15) is 11.8 Å². The van der Waals surface area contributed by atoms with Crippen LogP contribution >= 0.6 is 0 Å². The molecule has 0 saturated carbocycles. The van der Waals surface area contributed by atoms with Gasteiger partial charge in [-0.1, -0.05) is 42.5 Å². The van der Waals surface area contributed by atoms with Crippen LogP contribution < -0.4 is 10.1 Å². The van der Waals surface area contributed by atoms with Gasteiger partial charge in [-0.2, -0.15) is 4.31 Å². The zero-order chi connectivity index (χ0) is 25.1. The molecule has 0 bridgehead atoms. The van der Waals surface area contributed by atoms with Gasteiger partial charge in [0.05, 0.1) is 19.9 Å². The molecular weight excluding hydrogens is 458 g/mol. The quantitative estimate of drug-likeness (QED) is 0.429. The highest BCUT2D eigenvalue weighted by molar-refractivity contribution is 7.88. The zero-order valence-electron chi connectivity index (χ0n) is 20.1. The Kier molecular flexibility index (Phi) is 10.5. The number of likely N-dealkylation sites (N-methyl/N-ethyl adjacent to an activating group) is 1. The minimum absolute atomic E-state index is 0.103. The molecule has 0 aliphatic heterocycles. The van der Waals surface area contributed by atoms with E-state index in [0.717, 1.165) is 16.1 Å². The maximum Gasteiger partial charge on any atom is 0.247 e. The number of sulfonamides is 1. The molecule has 10 heteroatoms. The lowest BCUT2D eigenvalue weighted by atomic mass is 10.0. The molecule has 186 valence electrons. The van der Waals surface area contributed by atoms with Crippen molar-refractivity contribution in [1.82, 2.24) is 14.5 Å². The van der Waals surface area contributed by atoms with Crippen LogP contribution in [0, 0.1) is 0 Å². The highest BCUT2D eigenvalue weighted by Gasteiger charge is 2.32. The lowest BCUT2D eigenvalue weighted by Gasteiger charge is -2.32. The molecule has 9 nitrogen and oxygen atoms in total. The van der Waals surface area contributed by atoms with Crippen molar-refractivity contribution in [2.24, 2.45) is 0 Å². The van der Waals surface area contributed by atoms with Gasteiger partial charge in [-0.05, 0) is 29.7 Å². The van der Waals surface area contributed by atoms with Crippen LogP contribution in [0.5, 0.6) is 5.75 Å². The average molecular weight is 492 g/mol. The smallest absolute Gasteiger partial charge is 0.247 e. The first-order valence-corrected chi connectivity index (χ1v) is 12.7.